The van der Waals surface area contributed by atoms with Crippen LogP contribution in [0.25, 0.3) is 0 Å². The predicted octanol–water partition coefficient (Wildman–Crippen LogP) is 2.93. The monoisotopic (exact) mass is 333 g/mol. The SMILES string of the molecule is Cc1ccc(S(=O)(=O)N2CC[C@@H](C=O)[C@H](C3=CCCC3)C2)cc1. The van der Waals surface area contributed by atoms with Gasteiger partial charge in [0.2, 0.25) is 10.0 Å². The third-order valence-electron chi connectivity index (χ3n) is 5.01. The Morgan fingerprint density at radius 3 is 2.57 bits per heavy atom. The third-order valence-corrected chi connectivity index (χ3v) is 6.89. The fourth-order valence-corrected chi connectivity index (χ4v) is 5.09. The Kier molecular flexibility index (Phi) is 4.69. The van der Waals surface area contributed by atoms with E-state index in [0.717, 1.165) is 31.1 Å². The van der Waals surface area contributed by atoms with Crippen LogP contribution >= 0.6 is 0 Å². The zero-order chi connectivity index (χ0) is 16.4. The number of hydrogen-bond donors (Lipinski definition) is 0. The highest BCUT2D eigenvalue weighted by Crippen LogP contribution is 2.36. The van der Waals surface area contributed by atoms with Crippen LogP contribution in [0.4, 0.5) is 0 Å². The van der Waals surface area contributed by atoms with E-state index in [4.69, 9.17) is 0 Å². The van der Waals surface area contributed by atoms with Crippen LogP contribution < -0.4 is 0 Å². The highest BCUT2D eigenvalue weighted by atomic mass is 32.2. The van der Waals surface area contributed by atoms with Gasteiger partial charge >= 0.3 is 0 Å². The largest absolute Gasteiger partial charge is 0.303 e. The van der Waals surface area contributed by atoms with Gasteiger partial charge in [-0.2, -0.15) is 4.31 Å². The first-order chi connectivity index (χ1) is 11.0. The Morgan fingerprint density at radius 2 is 1.96 bits per heavy atom. The number of piperidine rings is 1. The smallest absolute Gasteiger partial charge is 0.243 e. The highest BCUT2D eigenvalue weighted by Gasteiger charge is 2.37. The molecule has 2 aliphatic rings. The quantitative estimate of drug-likeness (QED) is 0.629. The molecular weight excluding hydrogens is 310 g/mol. The summed E-state index contributed by atoms with van der Waals surface area (Å²) in [6, 6.07) is 6.98. The van der Waals surface area contributed by atoms with Crippen molar-refractivity contribution in [2.45, 2.75) is 37.5 Å². The van der Waals surface area contributed by atoms with Crippen molar-refractivity contribution in [1.29, 1.82) is 0 Å². The van der Waals surface area contributed by atoms with E-state index < -0.39 is 10.0 Å². The molecule has 124 valence electrons. The molecule has 1 saturated heterocycles. The average Bonchev–Trinajstić information content (AvgIpc) is 3.09. The normalized spacial score (nSPS) is 26.0. The lowest BCUT2D eigenvalue weighted by Crippen LogP contribution is -2.44. The second-order valence-electron chi connectivity index (χ2n) is 6.54. The summed E-state index contributed by atoms with van der Waals surface area (Å²) in [7, 11) is -3.48. The molecule has 1 heterocycles. The van der Waals surface area contributed by atoms with Crippen molar-refractivity contribution in [2.24, 2.45) is 11.8 Å². The van der Waals surface area contributed by atoms with Crippen LogP contribution in [0, 0.1) is 18.8 Å². The number of hydrogen-bond acceptors (Lipinski definition) is 3. The Morgan fingerprint density at radius 1 is 1.22 bits per heavy atom. The van der Waals surface area contributed by atoms with Crippen LogP contribution in [0.5, 0.6) is 0 Å². The maximum absolute atomic E-state index is 12.9. The molecular formula is C18H23NO3S. The van der Waals surface area contributed by atoms with Crippen molar-refractivity contribution in [2.75, 3.05) is 13.1 Å². The Bertz CT molecular complexity index is 706. The molecule has 0 saturated carbocycles. The molecule has 3 rings (SSSR count). The second-order valence-corrected chi connectivity index (χ2v) is 8.48. The molecule has 0 N–H and O–H groups in total. The molecule has 1 fully saturated rings. The fraction of sp³-hybridized carbons (Fsp3) is 0.500. The van der Waals surface area contributed by atoms with E-state index in [9.17, 15) is 13.2 Å². The van der Waals surface area contributed by atoms with Crippen molar-refractivity contribution < 1.29 is 13.2 Å². The summed E-state index contributed by atoms with van der Waals surface area (Å²) in [4.78, 5) is 11.7. The van der Waals surface area contributed by atoms with Gasteiger partial charge < -0.3 is 4.79 Å². The van der Waals surface area contributed by atoms with Crippen LogP contribution in [-0.2, 0) is 14.8 Å². The minimum atomic E-state index is -3.48. The lowest BCUT2D eigenvalue weighted by atomic mass is 9.82. The first kappa shape index (κ1) is 16.4. The maximum Gasteiger partial charge on any atom is 0.243 e. The van der Waals surface area contributed by atoms with Gasteiger partial charge in [-0.25, -0.2) is 8.42 Å². The van der Waals surface area contributed by atoms with Gasteiger partial charge in [-0.3, -0.25) is 0 Å². The molecule has 1 aromatic rings. The van der Waals surface area contributed by atoms with Crippen LogP contribution in [0.2, 0.25) is 0 Å². The molecule has 0 amide bonds. The number of sulfonamides is 1. The van der Waals surface area contributed by atoms with Crippen molar-refractivity contribution in [3.63, 3.8) is 0 Å². The molecule has 1 aliphatic carbocycles. The number of nitrogens with zero attached hydrogens (tertiary/aromatic N) is 1. The zero-order valence-electron chi connectivity index (χ0n) is 13.4. The first-order valence-electron chi connectivity index (χ1n) is 8.23. The number of aldehydes is 1. The Balaban J connectivity index is 1.85. The van der Waals surface area contributed by atoms with Crippen molar-refractivity contribution >= 4 is 16.3 Å². The molecule has 1 aromatic carbocycles. The van der Waals surface area contributed by atoms with E-state index in [1.807, 2.05) is 19.1 Å². The molecule has 5 heteroatoms. The molecule has 0 aromatic heterocycles. The number of carbonyl (C=O) groups is 1. The highest BCUT2D eigenvalue weighted by molar-refractivity contribution is 7.89. The summed E-state index contributed by atoms with van der Waals surface area (Å²) >= 11 is 0. The van der Waals surface area contributed by atoms with Crippen molar-refractivity contribution in [1.82, 2.24) is 4.31 Å². The van der Waals surface area contributed by atoms with Crippen LogP contribution in [0.15, 0.2) is 40.8 Å². The number of aryl methyl sites for hydroxylation is 1. The van der Waals surface area contributed by atoms with Gasteiger partial charge in [0.25, 0.3) is 0 Å². The summed E-state index contributed by atoms with van der Waals surface area (Å²) in [5, 5.41) is 0. The molecule has 0 radical (unpaired) electrons. The standard InChI is InChI=1S/C18H23NO3S/c1-14-6-8-17(9-7-14)23(21,22)19-11-10-16(13-20)18(12-19)15-4-2-3-5-15/h4,6-9,13,16,18H,2-3,5,10-12H2,1H3/t16-,18-/m0/s1. The van der Waals surface area contributed by atoms with Crippen molar-refractivity contribution in [3.8, 4) is 0 Å². The molecule has 0 unspecified atom stereocenters. The lowest BCUT2D eigenvalue weighted by molar-refractivity contribution is -0.113. The first-order valence-corrected chi connectivity index (χ1v) is 9.67. The molecule has 0 spiro atoms. The summed E-state index contributed by atoms with van der Waals surface area (Å²) in [5.74, 6) is -0.00667. The minimum Gasteiger partial charge on any atom is -0.303 e. The summed E-state index contributed by atoms with van der Waals surface area (Å²) in [6.45, 7) is 2.78. The fourth-order valence-electron chi connectivity index (χ4n) is 3.61. The third kappa shape index (κ3) is 3.26. The summed E-state index contributed by atoms with van der Waals surface area (Å²) < 4.78 is 27.3. The van der Waals surface area contributed by atoms with Crippen LogP contribution in [0.3, 0.4) is 0 Å². The molecule has 1 aliphatic heterocycles. The number of carbonyl (C=O) groups excluding carboxylic acids is 1. The Labute approximate surface area is 138 Å². The predicted molar refractivity (Wildman–Crippen MR) is 89.5 cm³/mol. The lowest BCUT2D eigenvalue weighted by Gasteiger charge is -2.36. The molecule has 4 nitrogen and oxygen atoms in total. The van der Waals surface area contributed by atoms with Gasteiger partial charge in [-0.1, -0.05) is 29.3 Å². The van der Waals surface area contributed by atoms with E-state index in [1.165, 1.54) is 5.57 Å². The van der Waals surface area contributed by atoms with Crippen molar-refractivity contribution in [3.05, 3.63) is 41.5 Å². The minimum absolute atomic E-state index is 0.0453. The summed E-state index contributed by atoms with van der Waals surface area (Å²) in [6.07, 6.45) is 6.97. The van der Waals surface area contributed by atoms with E-state index in [-0.39, 0.29) is 11.8 Å². The molecule has 23 heavy (non-hydrogen) atoms. The van der Waals surface area contributed by atoms with Gasteiger partial charge in [0, 0.05) is 24.9 Å². The zero-order valence-corrected chi connectivity index (χ0v) is 14.3. The Hall–Kier alpha value is -1.46. The number of rotatable bonds is 4. The number of benzene rings is 1. The maximum atomic E-state index is 12.9. The average molecular weight is 333 g/mol. The van der Waals surface area contributed by atoms with E-state index >= 15 is 0 Å². The van der Waals surface area contributed by atoms with Gasteiger partial charge in [-0.05, 0) is 44.7 Å². The van der Waals surface area contributed by atoms with Gasteiger partial charge in [-0.15, -0.1) is 0 Å². The van der Waals surface area contributed by atoms with Crippen LogP contribution in [0.1, 0.15) is 31.2 Å². The topological polar surface area (TPSA) is 54.5 Å². The van der Waals surface area contributed by atoms with Crippen LogP contribution in [-0.4, -0.2) is 32.1 Å². The summed E-state index contributed by atoms with van der Waals surface area (Å²) in [5.41, 5.74) is 2.31. The molecule has 0 bridgehead atoms. The van der Waals surface area contributed by atoms with E-state index in [0.29, 0.717) is 24.4 Å². The van der Waals surface area contributed by atoms with Gasteiger partial charge in [0.15, 0.2) is 0 Å². The molecule has 2 atom stereocenters. The number of allylic oxidation sites excluding steroid dienone is 1. The van der Waals surface area contributed by atoms with Gasteiger partial charge in [0.05, 0.1) is 4.90 Å². The van der Waals surface area contributed by atoms with Gasteiger partial charge in [0.1, 0.15) is 6.29 Å². The van der Waals surface area contributed by atoms with E-state index in [1.54, 1.807) is 16.4 Å². The van der Waals surface area contributed by atoms with E-state index in [2.05, 4.69) is 6.08 Å². The second kappa shape index (κ2) is 6.57.